The van der Waals surface area contributed by atoms with Crippen LogP contribution in [0.25, 0.3) is 0 Å². The lowest BCUT2D eigenvalue weighted by atomic mass is 10.3. The summed E-state index contributed by atoms with van der Waals surface area (Å²) >= 11 is 0. The summed E-state index contributed by atoms with van der Waals surface area (Å²) in [6, 6.07) is 9.19. The second kappa shape index (κ2) is 3.83. The van der Waals surface area contributed by atoms with Gasteiger partial charge in [-0.3, -0.25) is 0 Å². The van der Waals surface area contributed by atoms with Crippen molar-refractivity contribution in [3.63, 3.8) is 0 Å². The predicted octanol–water partition coefficient (Wildman–Crippen LogP) is 2.96. The van der Waals surface area contributed by atoms with Crippen molar-refractivity contribution < 1.29 is 9.84 Å². The first-order valence-electron chi connectivity index (χ1n) is 4.37. The lowest BCUT2D eigenvalue weighted by Crippen LogP contribution is -1.96. The highest BCUT2D eigenvalue weighted by Crippen LogP contribution is 2.16. The number of allylic oxidation sites excluding steroid dienone is 5. The van der Waals surface area contributed by atoms with Crippen LogP contribution in [0.15, 0.2) is 66.2 Å². The lowest BCUT2D eigenvalue weighted by molar-refractivity contribution is 0.206. The molecule has 0 spiro atoms. The minimum Gasteiger partial charge on any atom is -0.480 e. The van der Waals surface area contributed by atoms with Gasteiger partial charge in [0.25, 0.3) is 5.95 Å². The lowest BCUT2D eigenvalue weighted by Gasteiger charge is -2.04. The van der Waals surface area contributed by atoms with Crippen molar-refractivity contribution in [3.8, 4) is 5.75 Å². The Labute approximate surface area is 82.5 Å². The van der Waals surface area contributed by atoms with Crippen molar-refractivity contribution in [2.24, 2.45) is 0 Å². The Morgan fingerprint density at radius 3 is 2.29 bits per heavy atom. The third-order valence-electron chi connectivity index (χ3n) is 1.87. The van der Waals surface area contributed by atoms with Gasteiger partial charge >= 0.3 is 0 Å². The smallest absolute Gasteiger partial charge is 0.289 e. The van der Waals surface area contributed by atoms with E-state index < -0.39 is 0 Å². The van der Waals surface area contributed by atoms with Crippen LogP contribution in [-0.2, 0) is 0 Å². The molecule has 70 valence electrons. The summed E-state index contributed by atoms with van der Waals surface area (Å²) in [5.74, 6) is 0.562. The number of aliphatic hydroxyl groups excluding tert-OH is 1. The predicted molar refractivity (Wildman–Crippen MR) is 55.0 cm³/mol. The number of ether oxygens (including phenoxy) is 1. The van der Waals surface area contributed by atoms with Gasteiger partial charge in [0.1, 0.15) is 5.75 Å². The standard InChI is InChI=1S/C12H10O2/c13-12(10-6-4-5-7-10)14-11-8-2-1-3-9-11/h1-9,13H. The highest BCUT2D eigenvalue weighted by Gasteiger charge is 2.04. The maximum Gasteiger partial charge on any atom is 0.289 e. The fourth-order valence-electron chi connectivity index (χ4n) is 1.18. The Morgan fingerprint density at radius 2 is 1.64 bits per heavy atom. The molecule has 2 nitrogen and oxygen atoms in total. The summed E-state index contributed by atoms with van der Waals surface area (Å²) in [7, 11) is 0. The van der Waals surface area contributed by atoms with E-state index in [-0.39, 0.29) is 5.95 Å². The van der Waals surface area contributed by atoms with Crippen LogP contribution in [0.5, 0.6) is 5.75 Å². The van der Waals surface area contributed by atoms with Gasteiger partial charge in [0.2, 0.25) is 0 Å². The molecule has 0 heterocycles. The Bertz CT molecular complexity index is 386. The molecule has 2 heteroatoms. The molecule has 14 heavy (non-hydrogen) atoms. The monoisotopic (exact) mass is 186 g/mol. The van der Waals surface area contributed by atoms with Crippen molar-refractivity contribution in [3.05, 3.63) is 66.2 Å². The van der Waals surface area contributed by atoms with Crippen LogP contribution >= 0.6 is 0 Å². The van der Waals surface area contributed by atoms with Crippen LogP contribution in [0, 0.1) is 0 Å². The molecule has 0 bridgehead atoms. The minimum absolute atomic E-state index is 0.0683. The van der Waals surface area contributed by atoms with Crippen LogP contribution in [0.4, 0.5) is 0 Å². The summed E-state index contributed by atoms with van der Waals surface area (Å²) in [6.07, 6.45) is 7.27. The Hall–Kier alpha value is -1.96. The second-order valence-corrected chi connectivity index (χ2v) is 2.89. The SMILES string of the molecule is OC(Oc1ccccc1)=C1C=CC=C1. The summed E-state index contributed by atoms with van der Waals surface area (Å²) in [6.45, 7) is 0. The first-order valence-corrected chi connectivity index (χ1v) is 4.37. The van der Waals surface area contributed by atoms with E-state index in [0.717, 1.165) is 0 Å². The topological polar surface area (TPSA) is 29.5 Å². The molecule has 0 radical (unpaired) electrons. The van der Waals surface area contributed by atoms with Gasteiger partial charge in [-0.2, -0.15) is 0 Å². The summed E-state index contributed by atoms with van der Waals surface area (Å²) < 4.78 is 5.23. The van der Waals surface area contributed by atoms with E-state index in [1.165, 1.54) is 0 Å². The van der Waals surface area contributed by atoms with Gasteiger partial charge in [-0.05, 0) is 24.3 Å². The van der Waals surface area contributed by atoms with Crippen molar-refractivity contribution in [2.45, 2.75) is 0 Å². The zero-order valence-electron chi connectivity index (χ0n) is 7.55. The zero-order valence-corrected chi connectivity index (χ0v) is 7.55. The van der Waals surface area contributed by atoms with Crippen molar-refractivity contribution in [2.75, 3.05) is 0 Å². The first kappa shape index (κ1) is 8.63. The molecule has 0 aliphatic heterocycles. The molecule has 0 saturated carbocycles. The Balaban J connectivity index is 2.16. The van der Waals surface area contributed by atoms with Crippen LogP contribution in [0.2, 0.25) is 0 Å². The molecule has 0 atom stereocenters. The van der Waals surface area contributed by atoms with Crippen LogP contribution in [0.3, 0.4) is 0 Å². The third-order valence-corrected chi connectivity index (χ3v) is 1.87. The molecule has 0 aromatic heterocycles. The molecule has 1 aliphatic rings. The number of hydrogen-bond donors (Lipinski definition) is 1. The molecule has 0 fully saturated rings. The number of rotatable bonds is 2. The molecule has 0 saturated heterocycles. The molecule has 1 aromatic carbocycles. The van der Waals surface area contributed by atoms with Gasteiger partial charge < -0.3 is 9.84 Å². The summed E-state index contributed by atoms with van der Waals surface area (Å²) in [5.41, 5.74) is 0.689. The molecule has 2 rings (SSSR count). The van der Waals surface area contributed by atoms with Crippen LogP contribution in [-0.4, -0.2) is 5.11 Å². The van der Waals surface area contributed by atoms with E-state index >= 15 is 0 Å². The molecular weight excluding hydrogens is 176 g/mol. The van der Waals surface area contributed by atoms with E-state index in [1.807, 2.05) is 30.4 Å². The van der Waals surface area contributed by atoms with Crippen molar-refractivity contribution in [1.29, 1.82) is 0 Å². The molecule has 1 N–H and O–H groups in total. The molecule has 0 unspecified atom stereocenters. The Kier molecular flexibility index (Phi) is 2.36. The zero-order chi connectivity index (χ0) is 9.80. The largest absolute Gasteiger partial charge is 0.480 e. The van der Waals surface area contributed by atoms with Gasteiger partial charge in [-0.15, -0.1) is 0 Å². The molecular formula is C12H10O2. The number of benzene rings is 1. The van der Waals surface area contributed by atoms with Crippen LogP contribution < -0.4 is 4.74 Å². The molecule has 0 amide bonds. The highest BCUT2D eigenvalue weighted by molar-refractivity contribution is 5.41. The molecule has 1 aliphatic carbocycles. The number of hydrogen-bond acceptors (Lipinski definition) is 2. The number of aliphatic hydroxyl groups is 1. The maximum atomic E-state index is 9.56. The maximum absolute atomic E-state index is 9.56. The third kappa shape index (κ3) is 1.85. The van der Waals surface area contributed by atoms with Gasteiger partial charge in [0.15, 0.2) is 0 Å². The number of para-hydroxylation sites is 1. The first-order chi connectivity index (χ1) is 6.86. The van der Waals surface area contributed by atoms with Crippen molar-refractivity contribution >= 4 is 0 Å². The van der Waals surface area contributed by atoms with E-state index in [9.17, 15) is 5.11 Å². The fraction of sp³-hybridized carbons (Fsp3) is 0. The quantitative estimate of drug-likeness (QED) is 0.719. The Morgan fingerprint density at radius 1 is 1.00 bits per heavy atom. The van der Waals surface area contributed by atoms with E-state index in [4.69, 9.17) is 4.74 Å². The summed E-state index contributed by atoms with van der Waals surface area (Å²) in [4.78, 5) is 0. The van der Waals surface area contributed by atoms with Crippen molar-refractivity contribution in [1.82, 2.24) is 0 Å². The summed E-state index contributed by atoms with van der Waals surface area (Å²) in [5, 5.41) is 9.56. The van der Waals surface area contributed by atoms with Crippen LogP contribution in [0.1, 0.15) is 0 Å². The highest BCUT2D eigenvalue weighted by atomic mass is 16.6. The van der Waals surface area contributed by atoms with E-state index in [2.05, 4.69) is 0 Å². The van der Waals surface area contributed by atoms with E-state index in [1.54, 1.807) is 24.3 Å². The normalized spacial score (nSPS) is 13.3. The van der Waals surface area contributed by atoms with Gasteiger partial charge in [0.05, 0.1) is 5.57 Å². The fourth-order valence-corrected chi connectivity index (χ4v) is 1.18. The van der Waals surface area contributed by atoms with Gasteiger partial charge in [-0.25, -0.2) is 0 Å². The molecule has 1 aromatic rings. The second-order valence-electron chi connectivity index (χ2n) is 2.89. The average molecular weight is 186 g/mol. The van der Waals surface area contributed by atoms with E-state index in [0.29, 0.717) is 11.3 Å². The average Bonchev–Trinajstić information content (AvgIpc) is 2.72. The van der Waals surface area contributed by atoms with Gasteiger partial charge in [-0.1, -0.05) is 30.4 Å². The van der Waals surface area contributed by atoms with Gasteiger partial charge in [0, 0.05) is 0 Å². The minimum atomic E-state index is -0.0683.